The number of nitrogens with one attached hydrogen (secondary N) is 1. The second-order valence-electron chi connectivity index (χ2n) is 11.6. The molecule has 2 aliphatic rings. The molecule has 15 heteroatoms. The summed E-state index contributed by atoms with van der Waals surface area (Å²) < 4.78 is 90.2. The summed E-state index contributed by atoms with van der Waals surface area (Å²) in [5, 5.41) is 0.741. The Hall–Kier alpha value is -3.33. The van der Waals surface area contributed by atoms with Crippen LogP contribution in [0.4, 0.5) is 24.5 Å². The average Bonchev–Trinajstić information content (AvgIpc) is 3.01. The molecular weight excluding hydrogens is 665 g/mol. The lowest BCUT2D eigenvalue weighted by atomic mass is 9.75. The molecule has 1 amide bonds. The molecular formula is C31H34ClF3N4O5S2. The summed E-state index contributed by atoms with van der Waals surface area (Å²) in [6.07, 6.45) is 4.83. The maximum atomic E-state index is 13.1. The zero-order valence-corrected chi connectivity index (χ0v) is 27.1. The Morgan fingerprint density at radius 2 is 1.52 bits per heavy atom. The van der Waals surface area contributed by atoms with Crippen molar-refractivity contribution < 1.29 is 34.8 Å². The summed E-state index contributed by atoms with van der Waals surface area (Å²) in [4.78, 5) is 15.2. The lowest BCUT2D eigenvalue weighted by Gasteiger charge is -2.40. The van der Waals surface area contributed by atoms with Crippen molar-refractivity contribution in [3.05, 3.63) is 82.9 Å². The van der Waals surface area contributed by atoms with Crippen molar-refractivity contribution >= 4 is 48.7 Å². The molecule has 0 radical (unpaired) electrons. The Bertz CT molecular complexity index is 1780. The van der Waals surface area contributed by atoms with Gasteiger partial charge in [-0.3, -0.25) is 9.69 Å². The maximum Gasteiger partial charge on any atom is 0.501 e. The molecule has 1 aliphatic heterocycles. The molecule has 2 atom stereocenters. The molecule has 0 spiro atoms. The second kappa shape index (κ2) is 13.4. The maximum absolute atomic E-state index is 13.1. The highest BCUT2D eigenvalue weighted by Gasteiger charge is 2.48. The van der Waals surface area contributed by atoms with Gasteiger partial charge in [-0.2, -0.15) is 13.2 Å². The number of sulfonamides is 1. The molecule has 248 valence electrons. The van der Waals surface area contributed by atoms with Crippen molar-refractivity contribution in [2.75, 3.05) is 43.4 Å². The van der Waals surface area contributed by atoms with Gasteiger partial charge in [-0.25, -0.2) is 21.6 Å². The van der Waals surface area contributed by atoms with E-state index in [9.17, 15) is 34.8 Å². The van der Waals surface area contributed by atoms with Crippen LogP contribution < -0.4 is 15.4 Å². The van der Waals surface area contributed by atoms with Gasteiger partial charge in [-0.05, 0) is 84.8 Å². The molecule has 1 saturated heterocycles. The van der Waals surface area contributed by atoms with Crippen molar-refractivity contribution in [1.29, 1.82) is 0 Å². The third-order valence-corrected chi connectivity index (χ3v) is 11.8. The van der Waals surface area contributed by atoms with Crippen LogP contribution in [0, 0.1) is 5.92 Å². The van der Waals surface area contributed by atoms with E-state index >= 15 is 0 Å². The van der Waals surface area contributed by atoms with Gasteiger partial charge < -0.3 is 10.6 Å². The Kier molecular flexibility index (Phi) is 9.92. The molecule has 0 aromatic heterocycles. The zero-order chi connectivity index (χ0) is 33.3. The fraction of sp³-hybridized carbons (Fsp3) is 0.387. The largest absolute Gasteiger partial charge is 0.501 e. The number of sulfone groups is 1. The highest BCUT2D eigenvalue weighted by Crippen LogP contribution is 2.39. The van der Waals surface area contributed by atoms with Gasteiger partial charge >= 0.3 is 5.51 Å². The monoisotopic (exact) mass is 698 g/mol. The predicted molar refractivity (Wildman–Crippen MR) is 170 cm³/mol. The number of anilines is 2. The number of benzene rings is 3. The molecule has 9 nitrogen and oxygen atoms in total. The van der Waals surface area contributed by atoms with E-state index in [4.69, 9.17) is 17.3 Å². The number of nitrogens with two attached hydrogens (primary N) is 1. The Balaban J connectivity index is 1.19. The minimum absolute atomic E-state index is 0.00455. The number of amides is 1. The summed E-state index contributed by atoms with van der Waals surface area (Å²) in [7, 11) is -10.7. The van der Waals surface area contributed by atoms with E-state index in [1.54, 1.807) is 16.9 Å². The van der Waals surface area contributed by atoms with Gasteiger partial charge in [0.15, 0.2) is 0 Å². The number of hydrogen-bond acceptors (Lipinski definition) is 8. The van der Waals surface area contributed by atoms with Crippen molar-refractivity contribution in [2.24, 2.45) is 5.92 Å². The van der Waals surface area contributed by atoms with E-state index in [2.05, 4.69) is 21.9 Å². The summed E-state index contributed by atoms with van der Waals surface area (Å²) in [6.45, 7) is 4.32. The van der Waals surface area contributed by atoms with Gasteiger partial charge in [0.1, 0.15) is 4.90 Å². The van der Waals surface area contributed by atoms with E-state index in [0.29, 0.717) is 11.8 Å². The standard InChI is InChI=1S/C31H34ClF3N4O5S2/c32-24-9-5-21(6-10-24)27-4-2-1-3-23(27)20-38-15-17-39(18-16-38)25-11-7-22(8-12-25)30(40)37-46(43,44)26-13-14-28(36)29(19-26)45(41,42)31(33,34)35/h5-14,19,23,27H,1-4,15-18,20,36H2,(H,37,40)/t23-,27+/m0/s1. The first kappa shape index (κ1) is 34.0. The summed E-state index contributed by atoms with van der Waals surface area (Å²) in [5.74, 6) is 0.0575. The molecule has 1 aliphatic carbocycles. The Morgan fingerprint density at radius 3 is 2.15 bits per heavy atom. The SMILES string of the molecule is Nc1ccc(S(=O)(=O)NC(=O)c2ccc(N3CCN(C[C@@H]4CCCC[C@@H]4c4ccc(Cl)cc4)CC3)cc2)cc1S(=O)(=O)C(F)(F)F. The van der Waals surface area contributed by atoms with Crippen LogP contribution in [0.25, 0.3) is 0 Å². The molecule has 2 fully saturated rings. The van der Waals surface area contributed by atoms with Crippen LogP contribution in [0.5, 0.6) is 0 Å². The molecule has 0 unspecified atom stereocenters. The van der Waals surface area contributed by atoms with E-state index in [1.165, 1.54) is 43.4 Å². The fourth-order valence-electron chi connectivity index (χ4n) is 6.20. The molecule has 46 heavy (non-hydrogen) atoms. The first-order valence-corrected chi connectivity index (χ1v) is 18.1. The second-order valence-corrected chi connectivity index (χ2v) is 15.6. The number of rotatable bonds is 8. The summed E-state index contributed by atoms with van der Waals surface area (Å²) in [6, 6.07) is 16.3. The van der Waals surface area contributed by atoms with Gasteiger partial charge in [0, 0.05) is 49.0 Å². The molecule has 3 N–H and O–H groups in total. The van der Waals surface area contributed by atoms with Crippen molar-refractivity contribution in [3.63, 3.8) is 0 Å². The van der Waals surface area contributed by atoms with Crippen LogP contribution >= 0.6 is 11.6 Å². The Morgan fingerprint density at radius 1 is 0.891 bits per heavy atom. The fourth-order valence-corrected chi connectivity index (χ4v) is 8.31. The number of alkyl halides is 3. The van der Waals surface area contributed by atoms with Gasteiger partial charge in [0.25, 0.3) is 25.8 Å². The number of carbonyl (C=O) groups is 1. The molecule has 1 heterocycles. The van der Waals surface area contributed by atoms with Gasteiger partial charge in [-0.1, -0.05) is 36.6 Å². The average molecular weight is 699 g/mol. The normalized spacial score (nSPS) is 20.0. The van der Waals surface area contributed by atoms with E-state index < -0.39 is 46.8 Å². The van der Waals surface area contributed by atoms with Crippen LogP contribution in [0.2, 0.25) is 5.02 Å². The highest BCUT2D eigenvalue weighted by molar-refractivity contribution is 7.92. The quantitative estimate of drug-likeness (QED) is 0.298. The zero-order valence-electron chi connectivity index (χ0n) is 24.7. The number of nitrogen functional groups attached to an aromatic ring is 1. The third-order valence-electron chi connectivity index (χ3n) is 8.68. The van der Waals surface area contributed by atoms with Crippen LogP contribution in [-0.4, -0.2) is 65.9 Å². The highest BCUT2D eigenvalue weighted by atomic mass is 35.5. The number of piperazine rings is 1. The number of nitrogens with zero attached hydrogens (tertiary/aromatic N) is 2. The van der Waals surface area contributed by atoms with E-state index in [0.717, 1.165) is 55.6 Å². The van der Waals surface area contributed by atoms with E-state index in [-0.39, 0.29) is 11.6 Å². The first-order valence-electron chi connectivity index (χ1n) is 14.8. The van der Waals surface area contributed by atoms with Crippen LogP contribution in [0.3, 0.4) is 0 Å². The Labute approximate surface area is 271 Å². The van der Waals surface area contributed by atoms with Crippen molar-refractivity contribution in [3.8, 4) is 0 Å². The minimum atomic E-state index is -5.93. The van der Waals surface area contributed by atoms with Crippen LogP contribution in [0.15, 0.2) is 76.5 Å². The molecule has 3 aromatic carbocycles. The summed E-state index contributed by atoms with van der Waals surface area (Å²) >= 11 is 6.11. The molecule has 0 bridgehead atoms. The number of carbonyl (C=O) groups excluding carboxylic acids is 1. The molecule has 5 rings (SSSR count). The third kappa shape index (κ3) is 7.45. The van der Waals surface area contributed by atoms with Gasteiger partial charge in [0.05, 0.1) is 10.6 Å². The van der Waals surface area contributed by atoms with Crippen molar-refractivity contribution in [2.45, 2.75) is 46.9 Å². The lowest BCUT2D eigenvalue weighted by Crippen LogP contribution is -2.48. The topological polar surface area (TPSA) is 130 Å². The number of hydrogen-bond donors (Lipinski definition) is 2. The molecule has 3 aromatic rings. The van der Waals surface area contributed by atoms with Crippen LogP contribution in [0.1, 0.15) is 47.5 Å². The lowest BCUT2D eigenvalue weighted by molar-refractivity contribution is -0.0435. The number of halogens is 4. The van der Waals surface area contributed by atoms with Crippen molar-refractivity contribution in [1.82, 2.24) is 9.62 Å². The smallest absolute Gasteiger partial charge is 0.398 e. The minimum Gasteiger partial charge on any atom is -0.398 e. The molecule has 1 saturated carbocycles. The van der Waals surface area contributed by atoms with Gasteiger partial charge in [0.2, 0.25) is 0 Å². The predicted octanol–water partition coefficient (Wildman–Crippen LogP) is 5.43. The first-order chi connectivity index (χ1) is 21.7. The summed E-state index contributed by atoms with van der Waals surface area (Å²) in [5.41, 5.74) is 1.11. The van der Waals surface area contributed by atoms with E-state index in [1.807, 2.05) is 12.1 Å². The van der Waals surface area contributed by atoms with Gasteiger partial charge in [-0.15, -0.1) is 0 Å². The van der Waals surface area contributed by atoms with Crippen LogP contribution in [-0.2, 0) is 19.9 Å².